The topological polar surface area (TPSA) is 45.2 Å². The molecule has 4 nitrogen and oxygen atoms in total. The van der Waals surface area contributed by atoms with Crippen molar-refractivity contribution < 1.29 is 4.79 Å². The average molecular weight is 349 g/mol. The fraction of sp³-hybridized carbons (Fsp3) is 0.364. The zero-order valence-electron chi connectivity index (χ0n) is 15.4. The van der Waals surface area contributed by atoms with E-state index in [2.05, 4.69) is 46.0 Å². The molecule has 1 saturated heterocycles. The number of aromatic nitrogens is 1. The minimum Gasteiger partial charge on any atom is -0.326 e. The van der Waals surface area contributed by atoms with Gasteiger partial charge in [0, 0.05) is 36.5 Å². The van der Waals surface area contributed by atoms with E-state index in [-0.39, 0.29) is 11.3 Å². The Bertz CT molecular complexity index is 732. The Morgan fingerprint density at radius 2 is 1.96 bits per heavy atom. The largest absolute Gasteiger partial charge is 0.326 e. The number of carbonyl (C=O) groups excluding carboxylic acids is 1. The molecule has 1 aromatic heterocycles. The predicted octanol–water partition coefficient (Wildman–Crippen LogP) is 4.15. The molecule has 4 heteroatoms. The molecule has 2 heterocycles. The zero-order valence-corrected chi connectivity index (χ0v) is 15.4. The van der Waals surface area contributed by atoms with Crippen molar-refractivity contribution in [2.45, 2.75) is 38.1 Å². The summed E-state index contributed by atoms with van der Waals surface area (Å²) in [5.74, 6) is -0.0399. The Morgan fingerprint density at radius 3 is 2.54 bits per heavy atom. The normalized spacial score (nSPS) is 16.8. The Balaban J connectivity index is 1.62. The molecule has 0 aliphatic carbocycles. The summed E-state index contributed by atoms with van der Waals surface area (Å²) in [4.78, 5) is 18.2. The van der Waals surface area contributed by atoms with Crippen molar-refractivity contribution in [3.05, 3.63) is 72.6 Å². The first-order valence-electron chi connectivity index (χ1n) is 9.23. The minimum atomic E-state index is -0.0399. The van der Waals surface area contributed by atoms with E-state index in [1.807, 2.05) is 30.5 Å². The monoisotopic (exact) mass is 349 g/mol. The highest BCUT2D eigenvalue weighted by Gasteiger charge is 2.36. The predicted molar refractivity (Wildman–Crippen MR) is 106 cm³/mol. The third kappa shape index (κ3) is 4.38. The van der Waals surface area contributed by atoms with E-state index in [9.17, 15) is 4.79 Å². The minimum absolute atomic E-state index is 0.0399. The third-order valence-corrected chi connectivity index (χ3v) is 5.24. The smallest absolute Gasteiger partial charge is 0.221 e. The van der Waals surface area contributed by atoms with Gasteiger partial charge >= 0.3 is 0 Å². The van der Waals surface area contributed by atoms with E-state index < -0.39 is 0 Å². The molecule has 1 aromatic carbocycles. The molecule has 0 spiro atoms. The SMILES string of the molecule is C=CCC1(c2ccccn2)CCN(Cc2ccc(NC(C)=O)cc2)CC1. The number of nitrogens with zero attached hydrogens (tertiary/aromatic N) is 2. The van der Waals surface area contributed by atoms with Crippen molar-refractivity contribution in [1.29, 1.82) is 0 Å². The number of carbonyl (C=O) groups is 1. The third-order valence-electron chi connectivity index (χ3n) is 5.24. The van der Waals surface area contributed by atoms with Gasteiger partial charge in [-0.2, -0.15) is 0 Å². The fourth-order valence-electron chi connectivity index (χ4n) is 3.81. The second-order valence-corrected chi connectivity index (χ2v) is 7.14. The summed E-state index contributed by atoms with van der Waals surface area (Å²) in [6.45, 7) is 8.54. The van der Waals surface area contributed by atoms with Crippen LogP contribution in [0.5, 0.6) is 0 Å². The maximum atomic E-state index is 11.1. The standard InChI is InChI=1S/C22H27N3O/c1-3-11-22(21-6-4-5-14-23-21)12-15-25(16-13-22)17-19-7-9-20(10-8-19)24-18(2)26/h3-10,14H,1,11-13,15-17H2,2H3,(H,24,26). The number of nitrogens with one attached hydrogen (secondary N) is 1. The number of allylic oxidation sites excluding steroid dienone is 1. The molecule has 1 amide bonds. The summed E-state index contributed by atoms with van der Waals surface area (Å²) in [6, 6.07) is 14.3. The Labute approximate surface area is 155 Å². The van der Waals surface area contributed by atoms with Gasteiger partial charge in [0.2, 0.25) is 5.91 Å². The molecule has 0 bridgehead atoms. The Kier molecular flexibility index (Phi) is 5.84. The van der Waals surface area contributed by atoms with Crippen LogP contribution in [0, 0.1) is 0 Å². The van der Waals surface area contributed by atoms with Crippen molar-refractivity contribution in [2.75, 3.05) is 18.4 Å². The summed E-state index contributed by atoms with van der Waals surface area (Å²) in [7, 11) is 0. The average Bonchev–Trinajstić information content (AvgIpc) is 2.65. The van der Waals surface area contributed by atoms with Crippen molar-refractivity contribution in [3.8, 4) is 0 Å². The van der Waals surface area contributed by atoms with E-state index in [0.29, 0.717) is 0 Å². The summed E-state index contributed by atoms with van der Waals surface area (Å²) in [5, 5.41) is 2.81. The maximum absolute atomic E-state index is 11.1. The fourth-order valence-corrected chi connectivity index (χ4v) is 3.81. The van der Waals surface area contributed by atoms with Crippen LogP contribution in [-0.4, -0.2) is 28.9 Å². The Hall–Kier alpha value is -2.46. The lowest BCUT2D eigenvalue weighted by Crippen LogP contribution is -2.42. The molecule has 1 fully saturated rings. The quantitative estimate of drug-likeness (QED) is 0.797. The molecule has 0 saturated carbocycles. The molecule has 1 aliphatic heterocycles. The highest BCUT2D eigenvalue weighted by molar-refractivity contribution is 5.88. The highest BCUT2D eigenvalue weighted by atomic mass is 16.1. The number of hydrogen-bond acceptors (Lipinski definition) is 3. The van der Waals surface area contributed by atoms with Crippen LogP contribution in [0.15, 0.2) is 61.3 Å². The summed E-state index contributed by atoms with van der Waals surface area (Å²) < 4.78 is 0. The van der Waals surface area contributed by atoms with Gasteiger partial charge in [-0.1, -0.05) is 24.3 Å². The van der Waals surface area contributed by atoms with Gasteiger partial charge < -0.3 is 5.32 Å². The van der Waals surface area contributed by atoms with Gasteiger partial charge in [0.25, 0.3) is 0 Å². The van der Waals surface area contributed by atoms with Crippen LogP contribution in [0.4, 0.5) is 5.69 Å². The number of piperidine rings is 1. The first-order valence-corrected chi connectivity index (χ1v) is 9.23. The molecule has 136 valence electrons. The van der Waals surface area contributed by atoms with Crippen molar-refractivity contribution >= 4 is 11.6 Å². The van der Waals surface area contributed by atoms with Gasteiger partial charge in [-0.25, -0.2) is 0 Å². The van der Waals surface area contributed by atoms with Gasteiger partial charge in [-0.3, -0.25) is 14.7 Å². The van der Waals surface area contributed by atoms with E-state index in [1.54, 1.807) is 0 Å². The van der Waals surface area contributed by atoms with E-state index in [1.165, 1.54) is 18.2 Å². The number of hydrogen-bond donors (Lipinski definition) is 1. The number of rotatable bonds is 6. The van der Waals surface area contributed by atoms with Crippen LogP contribution in [0.25, 0.3) is 0 Å². The van der Waals surface area contributed by atoms with Crippen molar-refractivity contribution in [1.82, 2.24) is 9.88 Å². The van der Waals surface area contributed by atoms with E-state index in [4.69, 9.17) is 0 Å². The van der Waals surface area contributed by atoms with E-state index in [0.717, 1.165) is 44.6 Å². The van der Waals surface area contributed by atoms with E-state index >= 15 is 0 Å². The molecule has 2 aromatic rings. The second-order valence-electron chi connectivity index (χ2n) is 7.14. The zero-order chi connectivity index (χ0) is 18.4. The van der Waals surface area contributed by atoms with Crippen LogP contribution in [0.2, 0.25) is 0 Å². The molecule has 3 rings (SSSR count). The van der Waals surface area contributed by atoms with Crippen molar-refractivity contribution in [3.63, 3.8) is 0 Å². The molecule has 1 N–H and O–H groups in total. The summed E-state index contributed by atoms with van der Waals surface area (Å²) in [6.07, 6.45) is 7.09. The molecule has 0 radical (unpaired) electrons. The number of benzene rings is 1. The summed E-state index contributed by atoms with van der Waals surface area (Å²) >= 11 is 0. The number of pyridine rings is 1. The Morgan fingerprint density at radius 1 is 1.23 bits per heavy atom. The van der Waals surface area contributed by atoms with Gasteiger partial charge in [0.15, 0.2) is 0 Å². The highest BCUT2D eigenvalue weighted by Crippen LogP contribution is 2.38. The first kappa shape index (κ1) is 18.3. The maximum Gasteiger partial charge on any atom is 0.221 e. The number of amides is 1. The van der Waals surface area contributed by atoms with Crippen LogP contribution in [-0.2, 0) is 16.8 Å². The van der Waals surface area contributed by atoms with Gasteiger partial charge in [0.05, 0.1) is 0 Å². The lowest BCUT2D eigenvalue weighted by atomic mass is 9.73. The number of anilines is 1. The number of likely N-dealkylation sites (tertiary alicyclic amines) is 1. The lowest BCUT2D eigenvalue weighted by molar-refractivity contribution is -0.114. The van der Waals surface area contributed by atoms with Gasteiger partial charge in [0.1, 0.15) is 0 Å². The molecular weight excluding hydrogens is 322 g/mol. The van der Waals surface area contributed by atoms with Crippen LogP contribution >= 0.6 is 0 Å². The first-order chi connectivity index (χ1) is 12.6. The van der Waals surface area contributed by atoms with Crippen molar-refractivity contribution in [2.24, 2.45) is 0 Å². The van der Waals surface area contributed by atoms with Gasteiger partial charge in [-0.15, -0.1) is 6.58 Å². The molecule has 0 atom stereocenters. The molecule has 0 unspecified atom stereocenters. The molecular formula is C22H27N3O. The molecule has 1 aliphatic rings. The lowest BCUT2D eigenvalue weighted by Gasteiger charge is -2.41. The van der Waals surface area contributed by atoms with Crippen LogP contribution in [0.3, 0.4) is 0 Å². The molecule has 26 heavy (non-hydrogen) atoms. The second kappa shape index (κ2) is 8.28. The van der Waals surface area contributed by atoms with Gasteiger partial charge in [-0.05, 0) is 62.2 Å². The summed E-state index contributed by atoms with van der Waals surface area (Å²) in [5.41, 5.74) is 3.43. The van der Waals surface area contributed by atoms with Crippen LogP contribution in [0.1, 0.15) is 37.4 Å². The van der Waals surface area contributed by atoms with Crippen LogP contribution < -0.4 is 5.32 Å².